The second kappa shape index (κ2) is 4.90. The summed E-state index contributed by atoms with van der Waals surface area (Å²) < 4.78 is 1.80. The largest absolute Gasteiger partial charge is 0.311 e. The van der Waals surface area contributed by atoms with Gasteiger partial charge in [-0.3, -0.25) is 0 Å². The molecule has 0 radical (unpaired) electrons. The first kappa shape index (κ1) is 10.8. The van der Waals surface area contributed by atoms with Gasteiger partial charge in [0.1, 0.15) is 0 Å². The Hall–Kier alpha value is -1.68. The fourth-order valence-electron chi connectivity index (χ4n) is 1.49. The summed E-state index contributed by atoms with van der Waals surface area (Å²) in [6, 6.07) is 7.95. The van der Waals surface area contributed by atoms with Crippen molar-refractivity contribution < 1.29 is 0 Å². The molecule has 0 aliphatic carbocycles. The molecular formula is C12H16N4. The van der Waals surface area contributed by atoms with Gasteiger partial charge in [-0.05, 0) is 31.7 Å². The van der Waals surface area contributed by atoms with Crippen LogP contribution in [0.5, 0.6) is 0 Å². The van der Waals surface area contributed by atoms with E-state index < -0.39 is 0 Å². The zero-order chi connectivity index (χ0) is 11.4. The lowest BCUT2D eigenvalue weighted by molar-refractivity contribution is 0.704. The smallest absolute Gasteiger partial charge is 0.153 e. The van der Waals surface area contributed by atoms with Crippen molar-refractivity contribution in [3.05, 3.63) is 41.9 Å². The first-order chi connectivity index (χ1) is 7.79. The van der Waals surface area contributed by atoms with Crippen molar-refractivity contribution in [2.75, 3.05) is 6.54 Å². The summed E-state index contributed by atoms with van der Waals surface area (Å²) in [4.78, 5) is 4.53. The molecule has 1 N–H and O–H groups in total. The molecule has 2 aromatic rings. The fraction of sp³-hybridized carbons (Fsp3) is 0.333. The predicted molar refractivity (Wildman–Crippen MR) is 63.5 cm³/mol. The van der Waals surface area contributed by atoms with Crippen molar-refractivity contribution in [1.29, 1.82) is 0 Å². The molecular weight excluding hydrogens is 200 g/mol. The number of nitrogens with one attached hydrogen (secondary N) is 1. The molecule has 0 amide bonds. The normalized spacial score (nSPS) is 10.6. The maximum absolute atomic E-state index is 4.53. The molecule has 0 bridgehead atoms. The van der Waals surface area contributed by atoms with E-state index >= 15 is 0 Å². The van der Waals surface area contributed by atoms with E-state index in [1.165, 1.54) is 0 Å². The number of rotatable bonds is 4. The van der Waals surface area contributed by atoms with Crippen LogP contribution in [0.1, 0.15) is 18.3 Å². The zero-order valence-electron chi connectivity index (χ0n) is 9.64. The number of nitrogens with zero attached hydrogens (tertiary/aromatic N) is 3. The van der Waals surface area contributed by atoms with Gasteiger partial charge < -0.3 is 5.32 Å². The van der Waals surface area contributed by atoms with Crippen LogP contribution in [-0.2, 0) is 6.54 Å². The van der Waals surface area contributed by atoms with Gasteiger partial charge in [-0.1, -0.05) is 13.0 Å². The number of aromatic nitrogens is 3. The highest BCUT2D eigenvalue weighted by Gasteiger charge is 2.00. The Labute approximate surface area is 95.3 Å². The van der Waals surface area contributed by atoms with Gasteiger partial charge in [0.2, 0.25) is 0 Å². The van der Waals surface area contributed by atoms with Gasteiger partial charge in [-0.25, -0.2) is 9.67 Å². The molecule has 0 aliphatic rings. The molecule has 84 valence electrons. The van der Waals surface area contributed by atoms with Gasteiger partial charge in [0.15, 0.2) is 5.82 Å². The number of hydrogen-bond acceptors (Lipinski definition) is 3. The van der Waals surface area contributed by atoms with Gasteiger partial charge in [-0.15, -0.1) is 0 Å². The molecule has 0 saturated carbocycles. The van der Waals surface area contributed by atoms with Gasteiger partial charge in [0, 0.05) is 12.7 Å². The minimum Gasteiger partial charge on any atom is -0.311 e. The second-order valence-corrected chi connectivity index (χ2v) is 3.67. The van der Waals surface area contributed by atoms with E-state index in [-0.39, 0.29) is 0 Å². The van der Waals surface area contributed by atoms with Gasteiger partial charge in [0.05, 0.1) is 11.4 Å². The minimum absolute atomic E-state index is 0.796. The van der Waals surface area contributed by atoms with Crippen LogP contribution in [0, 0.1) is 6.92 Å². The molecule has 0 atom stereocenters. The molecule has 16 heavy (non-hydrogen) atoms. The fourth-order valence-corrected chi connectivity index (χ4v) is 1.49. The molecule has 0 aromatic carbocycles. The third-order valence-corrected chi connectivity index (χ3v) is 2.31. The Morgan fingerprint density at radius 3 is 2.88 bits per heavy atom. The molecule has 2 aromatic heterocycles. The van der Waals surface area contributed by atoms with Crippen molar-refractivity contribution in [1.82, 2.24) is 20.1 Å². The van der Waals surface area contributed by atoms with E-state index in [1.54, 1.807) is 4.68 Å². The molecule has 0 spiro atoms. The minimum atomic E-state index is 0.796. The quantitative estimate of drug-likeness (QED) is 0.845. The molecule has 0 saturated heterocycles. The zero-order valence-corrected chi connectivity index (χ0v) is 9.64. The third-order valence-electron chi connectivity index (χ3n) is 2.31. The van der Waals surface area contributed by atoms with Gasteiger partial charge >= 0.3 is 0 Å². The lowest BCUT2D eigenvalue weighted by atomic mass is 10.3. The van der Waals surface area contributed by atoms with E-state index in [2.05, 4.69) is 22.3 Å². The molecule has 4 heteroatoms. The number of hydrogen-bond donors (Lipinski definition) is 1. The standard InChI is InChI=1S/C12H16N4/c1-3-13-9-11-5-4-6-12(14-11)16-8-7-10(2)15-16/h4-8,13H,3,9H2,1-2H3. The van der Waals surface area contributed by atoms with Crippen molar-refractivity contribution in [3.8, 4) is 5.82 Å². The molecule has 0 unspecified atom stereocenters. The van der Waals surface area contributed by atoms with Crippen LogP contribution in [0.3, 0.4) is 0 Å². The summed E-state index contributed by atoms with van der Waals surface area (Å²) >= 11 is 0. The van der Waals surface area contributed by atoms with Gasteiger partial charge in [-0.2, -0.15) is 5.10 Å². The SMILES string of the molecule is CCNCc1cccc(-n2ccc(C)n2)n1. The average molecular weight is 216 g/mol. The Morgan fingerprint density at radius 2 is 2.19 bits per heavy atom. The van der Waals surface area contributed by atoms with E-state index in [0.717, 1.165) is 30.3 Å². The first-order valence-corrected chi connectivity index (χ1v) is 5.49. The van der Waals surface area contributed by atoms with Crippen LogP contribution in [0.2, 0.25) is 0 Å². The van der Waals surface area contributed by atoms with Crippen LogP contribution >= 0.6 is 0 Å². The summed E-state index contributed by atoms with van der Waals surface area (Å²) in [5.74, 6) is 0.864. The van der Waals surface area contributed by atoms with Crippen LogP contribution < -0.4 is 5.32 Å². The summed E-state index contributed by atoms with van der Waals surface area (Å²) in [6.07, 6.45) is 1.93. The Morgan fingerprint density at radius 1 is 1.31 bits per heavy atom. The Bertz CT molecular complexity index is 462. The van der Waals surface area contributed by atoms with E-state index in [1.807, 2.05) is 37.4 Å². The Kier molecular flexibility index (Phi) is 3.31. The molecule has 4 nitrogen and oxygen atoms in total. The highest BCUT2D eigenvalue weighted by molar-refractivity contribution is 5.24. The van der Waals surface area contributed by atoms with Crippen LogP contribution in [0.25, 0.3) is 5.82 Å². The van der Waals surface area contributed by atoms with E-state index in [0.29, 0.717) is 0 Å². The molecule has 0 aliphatic heterocycles. The summed E-state index contributed by atoms with van der Waals surface area (Å²) in [6.45, 7) is 5.80. The summed E-state index contributed by atoms with van der Waals surface area (Å²) in [5.41, 5.74) is 2.03. The van der Waals surface area contributed by atoms with Crippen LogP contribution in [0.15, 0.2) is 30.5 Å². The molecule has 2 heterocycles. The maximum Gasteiger partial charge on any atom is 0.153 e. The molecule has 2 rings (SSSR count). The van der Waals surface area contributed by atoms with Crippen molar-refractivity contribution in [3.63, 3.8) is 0 Å². The summed E-state index contributed by atoms with van der Waals surface area (Å²) in [7, 11) is 0. The highest BCUT2D eigenvalue weighted by atomic mass is 15.3. The van der Waals surface area contributed by atoms with E-state index in [9.17, 15) is 0 Å². The van der Waals surface area contributed by atoms with Crippen LogP contribution in [-0.4, -0.2) is 21.3 Å². The van der Waals surface area contributed by atoms with Crippen molar-refractivity contribution in [2.24, 2.45) is 0 Å². The summed E-state index contributed by atoms with van der Waals surface area (Å²) in [5, 5.41) is 7.59. The predicted octanol–water partition coefficient (Wildman–Crippen LogP) is 1.69. The first-order valence-electron chi connectivity index (χ1n) is 5.49. The maximum atomic E-state index is 4.53. The molecule has 0 fully saturated rings. The third kappa shape index (κ3) is 2.46. The highest BCUT2D eigenvalue weighted by Crippen LogP contribution is 2.05. The Balaban J connectivity index is 2.22. The lowest BCUT2D eigenvalue weighted by Gasteiger charge is -2.04. The van der Waals surface area contributed by atoms with Gasteiger partial charge in [0.25, 0.3) is 0 Å². The number of pyridine rings is 1. The monoisotopic (exact) mass is 216 g/mol. The van der Waals surface area contributed by atoms with Crippen molar-refractivity contribution in [2.45, 2.75) is 20.4 Å². The number of aryl methyl sites for hydroxylation is 1. The van der Waals surface area contributed by atoms with Crippen LogP contribution in [0.4, 0.5) is 0 Å². The van der Waals surface area contributed by atoms with Crippen molar-refractivity contribution >= 4 is 0 Å². The second-order valence-electron chi connectivity index (χ2n) is 3.67. The van der Waals surface area contributed by atoms with E-state index in [4.69, 9.17) is 0 Å². The lowest BCUT2D eigenvalue weighted by Crippen LogP contribution is -2.13. The average Bonchev–Trinajstić information content (AvgIpc) is 2.74. The topological polar surface area (TPSA) is 42.7 Å².